The molecule has 0 saturated carbocycles. The van der Waals surface area contributed by atoms with Gasteiger partial charge in [-0.15, -0.1) is 0 Å². The van der Waals surface area contributed by atoms with Crippen LogP contribution in [0.2, 0.25) is 0 Å². The molecule has 1 aliphatic heterocycles. The Balaban J connectivity index is 1.60. The molecule has 4 heterocycles. The topological polar surface area (TPSA) is 81.7 Å². The molecule has 3 aromatic heterocycles. The third kappa shape index (κ3) is 2.54. The molecule has 1 aliphatic rings. The van der Waals surface area contributed by atoms with Gasteiger partial charge < -0.3 is 0 Å². The van der Waals surface area contributed by atoms with Gasteiger partial charge in [-0.3, -0.25) is 19.1 Å². The van der Waals surface area contributed by atoms with E-state index in [9.17, 15) is 4.79 Å². The fourth-order valence-corrected chi connectivity index (χ4v) is 4.06. The molecule has 24 heavy (non-hydrogen) atoms. The lowest BCUT2D eigenvalue weighted by molar-refractivity contribution is -0.119. The Hall–Kier alpha value is -2.42. The van der Waals surface area contributed by atoms with Gasteiger partial charge in [0.15, 0.2) is 11.5 Å². The van der Waals surface area contributed by atoms with Crippen molar-refractivity contribution in [2.45, 2.75) is 23.1 Å². The van der Waals surface area contributed by atoms with Crippen LogP contribution in [0.5, 0.6) is 0 Å². The van der Waals surface area contributed by atoms with E-state index in [1.165, 1.54) is 18.1 Å². The van der Waals surface area contributed by atoms with Crippen molar-refractivity contribution in [3.05, 3.63) is 24.8 Å². The predicted molar refractivity (Wildman–Crippen MR) is 90.7 cm³/mol. The fraction of sp³-hybridized carbons (Fsp3) is 0.400. The molecule has 0 radical (unpaired) electrons. The standard InChI is InChI=1S/C15H17N7OS/c1-20-7-5-12(19-20)22-6-3-4-11(15(22)23)24-14-10-8-18-21(2)13(10)16-9-17-14/h5,7-9,11H,3-4,6H2,1-2H3. The monoisotopic (exact) mass is 343 g/mol. The van der Waals surface area contributed by atoms with Crippen LogP contribution in [0.1, 0.15) is 12.8 Å². The van der Waals surface area contributed by atoms with Gasteiger partial charge in [0.1, 0.15) is 11.4 Å². The lowest BCUT2D eigenvalue weighted by Gasteiger charge is -2.30. The highest BCUT2D eigenvalue weighted by Crippen LogP contribution is 2.33. The maximum atomic E-state index is 12.9. The van der Waals surface area contributed by atoms with Crippen LogP contribution in [0, 0.1) is 0 Å². The molecule has 8 nitrogen and oxygen atoms in total. The van der Waals surface area contributed by atoms with Gasteiger partial charge in [0.05, 0.1) is 16.8 Å². The van der Waals surface area contributed by atoms with Crippen molar-refractivity contribution in [3.63, 3.8) is 0 Å². The van der Waals surface area contributed by atoms with Gasteiger partial charge in [-0.1, -0.05) is 11.8 Å². The smallest absolute Gasteiger partial charge is 0.241 e. The number of hydrogen-bond donors (Lipinski definition) is 0. The van der Waals surface area contributed by atoms with Crippen molar-refractivity contribution in [1.29, 1.82) is 0 Å². The molecule has 3 aromatic rings. The molecule has 9 heteroatoms. The molecule has 1 saturated heterocycles. The first-order chi connectivity index (χ1) is 11.6. The van der Waals surface area contributed by atoms with Crippen LogP contribution >= 0.6 is 11.8 Å². The van der Waals surface area contributed by atoms with Crippen LogP contribution in [0.4, 0.5) is 5.82 Å². The second-order valence-corrected chi connectivity index (χ2v) is 6.96. The molecular formula is C15H17N7OS. The minimum atomic E-state index is -0.168. The van der Waals surface area contributed by atoms with Crippen molar-refractivity contribution in [1.82, 2.24) is 29.5 Å². The van der Waals surface area contributed by atoms with E-state index in [0.29, 0.717) is 12.4 Å². The first-order valence-electron chi connectivity index (χ1n) is 7.74. The lowest BCUT2D eigenvalue weighted by Crippen LogP contribution is -2.43. The number of hydrogen-bond acceptors (Lipinski definition) is 6. The summed E-state index contributed by atoms with van der Waals surface area (Å²) in [7, 11) is 3.70. The minimum Gasteiger partial charge on any atom is -0.294 e. The summed E-state index contributed by atoms with van der Waals surface area (Å²) < 4.78 is 3.42. The van der Waals surface area contributed by atoms with E-state index in [2.05, 4.69) is 20.2 Å². The Morgan fingerprint density at radius 2 is 2.17 bits per heavy atom. The van der Waals surface area contributed by atoms with Crippen LogP contribution < -0.4 is 4.90 Å². The van der Waals surface area contributed by atoms with Crippen molar-refractivity contribution in [2.24, 2.45) is 14.1 Å². The van der Waals surface area contributed by atoms with Gasteiger partial charge in [-0.2, -0.15) is 10.2 Å². The normalized spacial score (nSPS) is 18.5. The highest BCUT2D eigenvalue weighted by molar-refractivity contribution is 8.00. The molecule has 1 fully saturated rings. The quantitative estimate of drug-likeness (QED) is 0.668. The second kappa shape index (κ2) is 5.90. The largest absolute Gasteiger partial charge is 0.294 e. The van der Waals surface area contributed by atoms with E-state index in [-0.39, 0.29) is 11.2 Å². The van der Waals surface area contributed by atoms with Gasteiger partial charge in [0.25, 0.3) is 0 Å². The summed E-state index contributed by atoms with van der Waals surface area (Å²) in [5, 5.41) is 10.1. The van der Waals surface area contributed by atoms with E-state index in [1.807, 2.05) is 26.4 Å². The molecule has 0 spiro atoms. The molecule has 1 amide bonds. The Kier molecular flexibility index (Phi) is 3.72. The van der Waals surface area contributed by atoms with E-state index in [0.717, 1.165) is 28.9 Å². The van der Waals surface area contributed by atoms with E-state index in [4.69, 9.17) is 0 Å². The molecule has 0 aliphatic carbocycles. The number of nitrogens with zero attached hydrogens (tertiary/aromatic N) is 7. The van der Waals surface area contributed by atoms with Crippen LogP contribution in [0.3, 0.4) is 0 Å². The van der Waals surface area contributed by atoms with Crippen molar-refractivity contribution in [3.8, 4) is 0 Å². The molecule has 0 N–H and O–H groups in total. The first kappa shape index (κ1) is 15.1. The highest BCUT2D eigenvalue weighted by Gasteiger charge is 2.32. The van der Waals surface area contributed by atoms with Crippen molar-refractivity contribution >= 4 is 34.5 Å². The predicted octanol–water partition coefficient (Wildman–Crippen LogP) is 1.38. The average molecular weight is 343 g/mol. The summed E-state index contributed by atoms with van der Waals surface area (Å²) in [5.41, 5.74) is 0.775. The fourth-order valence-electron chi connectivity index (χ4n) is 2.90. The Bertz CT molecular complexity index is 902. The van der Waals surface area contributed by atoms with Crippen molar-refractivity contribution < 1.29 is 4.79 Å². The van der Waals surface area contributed by atoms with Gasteiger partial charge in [0.2, 0.25) is 5.91 Å². The van der Waals surface area contributed by atoms with Crippen LogP contribution in [-0.4, -0.2) is 47.2 Å². The van der Waals surface area contributed by atoms with Gasteiger partial charge >= 0.3 is 0 Å². The number of rotatable bonds is 3. The number of aromatic nitrogens is 6. The van der Waals surface area contributed by atoms with Gasteiger partial charge in [-0.05, 0) is 12.8 Å². The SMILES string of the molecule is Cn1ccc(N2CCCC(Sc3ncnc4c3cnn4C)C2=O)n1. The second-order valence-electron chi connectivity index (χ2n) is 5.77. The zero-order valence-corrected chi connectivity index (χ0v) is 14.3. The first-order valence-corrected chi connectivity index (χ1v) is 8.62. The zero-order chi connectivity index (χ0) is 16.7. The third-order valence-corrected chi connectivity index (χ3v) is 5.38. The number of fused-ring (bicyclic) bond motifs is 1. The van der Waals surface area contributed by atoms with Crippen molar-refractivity contribution in [2.75, 3.05) is 11.4 Å². The summed E-state index contributed by atoms with van der Waals surface area (Å²) in [6, 6.07) is 1.87. The van der Waals surface area contributed by atoms with Gasteiger partial charge in [0, 0.05) is 32.9 Å². The summed E-state index contributed by atoms with van der Waals surface area (Å²) in [5.74, 6) is 0.794. The lowest BCUT2D eigenvalue weighted by atomic mass is 10.1. The summed E-state index contributed by atoms with van der Waals surface area (Å²) >= 11 is 1.49. The highest BCUT2D eigenvalue weighted by atomic mass is 32.2. The zero-order valence-electron chi connectivity index (χ0n) is 13.5. The van der Waals surface area contributed by atoms with E-state index in [1.54, 1.807) is 20.5 Å². The third-order valence-electron chi connectivity index (χ3n) is 4.11. The number of anilines is 1. The Labute approximate surface area is 142 Å². The molecule has 0 bridgehead atoms. The van der Waals surface area contributed by atoms with Gasteiger partial charge in [-0.25, -0.2) is 9.97 Å². The van der Waals surface area contributed by atoms with Crippen LogP contribution in [0.15, 0.2) is 29.8 Å². The maximum absolute atomic E-state index is 12.9. The number of piperidine rings is 1. The summed E-state index contributed by atoms with van der Waals surface area (Å²) in [6.07, 6.45) is 6.90. The number of carbonyl (C=O) groups is 1. The van der Waals surface area contributed by atoms with Crippen LogP contribution in [-0.2, 0) is 18.9 Å². The average Bonchev–Trinajstić information content (AvgIpc) is 3.17. The number of amides is 1. The van der Waals surface area contributed by atoms with E-state index >= 15 is 0 Å². The molecule has 4 rings (SSSR count). The van der Waals surface area contributed by atoms with Crippen LogP contribution in [0.25, 0.3) is 11.0 Å². The number of thioether (sulfide) groups is 1. The summed E-state index contributed by atoms with van der Waals surface area (Å²) in [4.78, 5) is 23.2. The minimum absolute atomic E-state index is 0.0839. The molecule has 1 atom stereocenters. The summed E-state index contributed by atoms with van der Waals surface area (Å²) in [6.45, 7) is 0.707. The Morgan fingerprint density at radius 1 is 1.29 bits per heavy atom. The maximum Gasteiger partial charge on any atom is 0.241 e. The number of carbonyl (C=O) groups excluding carboxylic acids is 1. The number of aryl methyl sites for hydroxylation is 2. The molecule has 0 aromatic carbocycles. The molecule has 1 unspecified atom stereocenters. The molecule has 124 valence electrons. The molecular weight excluding hydrogens is 326 g/mol. The Morgan fingerprint density at radius 3 is 2.96 bits per heavy atom. The van der Waals surface area contributed by atoms with E-state index < -0.39 is 0 Å².